The summed E-state index contributed by atoms with van der Waals surface area (Å²) in [6, 6.07) is 0. The molecule has 0 saturated heterocycles. The maximum absolute atomic E-state index is 4.31. The third-order valence-corrected chi connectivity index (χ3v) is 2.08. The Morgan fingerprint density at radius 3 is 2.75 bits per heavy atom. The lowest BCUT2D eigenvalue weighted by Crippen LogP contribution is -1.93. The first kappa shape index (κ1) is 7.73. The van der Waals surface area contributed by atoms with E-state index < -0.39 is 0 Å². The van der Waals surface area contributed by atoms with Crippen LogP contribution in [0.15, 0.2) is 17.0 Å². The molecule has 0 N–H and O–H groups in total. The molecule has 0 fully saturated rings. The highest BCUT2D eigenvalue weighted by atomic mass is 79.9. The predicted molar refractivity (Wildman–Crippen MR) is 50.2 cm³/mol. The van der Waals surface area contributed by atoms with Crippen molar-refractivity contribution in [3.8, 4) is 0 Å². The average Bonchev–Trinajstić information content (AvgIpc) is 2.29. The number of hydrogen-bond acceptors (Lipinski definition) is 2. The zero-order valence-electron chi connectivity index (χ0n) is 6.87. The van der Waals surface area contributed by atoms with E-state index in [9.17, 15) is 0 Å². The van der Waals surface area contributed by atoms with Crippen molar-refractivity contribution in [2.45, 2.75) is 13.8 Å². The first-order chi connectivity index (χ1) is 5.66. The van der Waals surface area contributed by atoms with Crippen molar-refractivity contribution in [1.29, 1.82) is 0 Å². The summed E-state index contributed by atoms with van der Waals surface area (Å²) in [5.41, 5.74) is 2.87. The van der Waals surface area contributed by atoms with E-state index in [1.165, 1.54) is 0 Å². The summed E-state index contributed by atoms with van der Waals surface area (Å²) in [5, 5.41) is 0. The van der Waals surface area contributed by atoms with Gasteiger partial charge in [-0.25, -0.2) is 4.98 Å². The van der Waals surface area contributed by atoms with E-state index in [4.69, 9.17) is 0 Å². The van der Waals surface area contributed by atoms with E-state index in [2.05, 4.69) is 25.9 Å². The van der Waals surface area contributed by atoms with Gasteiger partial charge in [0.15, 0.2) is 5.65 Å². The van der Waals surface area contributed by atoms with Gasteiger partial charge in [0.1, 0.15) is 4.60 Å². The molecule has 4 heteroatoms. The Hall–Kier alpha value is -0.900. The van der Waals surface area contributed by atoms with Crippen molar-refractivity contribution in [3.05, 3.63) is 28.4 Å². The fourth-order valence-electron chi connectivity index (χ4n) is 1.27. The minimum atomic E-state index is 0.845. The third-order valence-electron chi connectivity index (χ3n) is 1.70. The Bertz CT molecular complexity index is 433. The van der Waals surface area contributed by atoms with Gasteiger partial charge in [0.05, 0.1) is 11.4 Å². The second-order valence-corrected chi connectivity index (χ2v) is 3.57. The van der Waals surface area contributed by atoms with Crippen molar-refractivity contribution in [3.63, 3.8) is 0 Å². The standard InChI is InChI=1S/C8H8BrN3/c1-5-3-12-4-7(9)11-8(12)6(2)10-5/h3-4H,1-2H3. The summed E-state index contributed by atoms with van der Waals surface area (Å²) >= 11 is 3.32. The zero-order chi connectivity index (χ0) is 8.72. The zero-order valence-corrected chi connectivity index (χ0v) is 8.46. The minimum absolute atomic E-state index is 0.845. The largest absolute Gasteiger partial charge is 0.303 e. The highest BCUT2D eigenvalue weighted by molar-refractivity contribution is 9.10. The molecule has 2 aromatic heterocycles. The monoisotopic (exact) mass is 225 g/mol. The Balaban J connectivity index is 2.88. The summed E-state index contributed by atoms with van der Waals surface area (Å²) < 4.78 is 2.82. The summed E-state index contributed by atoms with van der Waals surface area (Å²) in [7, 11) is 0. The predicted octanol–water partition coefficient (Wildman–Crippen LogP) is 2.11. The molecule has 0 atom stereocenters. The van der Waals surface area contributed by atoms with Gasteiger partial charge in [-0.1, -0.05) is 0 Å². The van der Waals surface area contributed by atoms with Crippen LogP contribution in [0.5, 0.6) is 0 Å². The van der Waals surface area contributed by atoms with Crippen LogP contribution >= 0.6 is 15.9 Å². The molecule has 0 radical (unpaired) electrons. The molecule has 12 heavy (non-hydrogen) atoms. The molecule has 0 saturated carbocycles. The van der Waals surface area contributed by atoms with Crippen LogP contribution in [0.3, 0.4) is 0 Å². The van der Waals surface area contributed by atoms with Crippen LogP contribution in [0.4, 0.5) is 0 Å². The molecule has 0 spiro atoms. The highest BCUT2D eigenvalue weighted by Gasteiger charge is 2.02. The fraction of sp³-hybridized carbons (Fsp3) is 0.250. The van der Waals surface area contributed by atoms with Crippen molar-refractivity contribution in [2.24, 2.45) is 0 Å². The molecule has 0 bridgehead atoms. The van der Waals surface area contributed by atoms with Gasteiger partial charge >= 0.3 is 0 Å². The van der Waals surface area contributed by atoms with Crippen LogP contribution < -0.4 is 0 Å². The average molecular weight is 226 g/mol. The molecule has 0 aliphatic carbocycles. The van der Waals surface area contributed by atoms with Crippen LogP contribution in [-0.2, 0) is 0 Å². The molecule has 2 aromatic rings. The smallest absolute Gasteiger partial charge is 0.159 e. The van der Waals surface area contributed by atoms with E-state index in [-0.39, 0.29) is 0 Å². The second-order valence-electron chi connectivity index (χ2n) is 2.76. The first-order valence-corrected chi connectivity index (χ1v) is 4.44. The van der Waals surface area contributed by atoms with Crippen LogP contribution in [0.2, 0.25) is 0 Å². The normalized spacial score (nSPS) is 10.9. The molecule has 2 heterocycles. The van der Waals surface area contributed by atoms with Crippen molar-refractivity contribution in [2.75, 3.05) is 0 Å². The highest BCUT2D eigenvalue weighted by Crippen LogP contribution is 2.13. The molecule has 0 aliphatic heterocycles. The molecular weight excluding hydrogens is 218 g/mol. The number of imidazole rings is 1. The molecule has 3 nitrogen and oxygen atoms in total. The molecule has 62 valence electrons. The van der Waals surface area contributed by atoms with Gasteiger partial charge in [-0.15, -0.1) is 0 Å². The van der Waals surface area contributed by atoms with Crippen LogP contribution in [0.1, 0.15) is 11.4 Å². The van der Waals surface area contributed by atoms with Gasteiger partial charge in [0.2, 0.25) is 0 Å². The lowest BCUT2D eigenvalue weighted by molar-refractivity contribution is 1.03. The van der Waals surface area contributed by atoms with E-state index in [0.29, 0.717) is 0 Å². The maximum atomic E-state index is 4.31. The van der Waals surface area contributed by atoms with Gasteiger partial charge in [-0.2, -0.15) is 0 Å². The van der Waals surface area contributed by atoms with Crippen molar-refractivity contribution in [1.82, 2.24) is 14.4 Å². The summed E-state index contributed by atoms with van der Waals surface area (Å²) in [6.45, 7) is 3.93. The second kappa shape index (κ2) is 2.55. The summed E-state index contributed by atoms with van der Waals surface area (Å²) in [6.07, 6.45) is 3.89. The lowest BCUT2D eigenvalue weighted by atomic mass is 10.4. The summed E-state index contributed by atoms with van der Waals surface area (Å²) in [5.74, 6) is 0. The van der Waals surface area contributed by atoms with Gasteiger partial charge in [0.25, 0.3) is 0 Å². The van der Waals surface area contributed by atoms with Gasteiger partial charge < -0.3 is 4.40 Å². The quantitative estimate of drug-likeness (QED) is 0.688. The van der Waals surface area contributed by atoms with E-state index in [1.807, 2.05) is 30.6 Å². The number of fused-ring (bicyclic) bond motifs is 1. The van der Waals surface area contributed by atoms with Gasteiger partial charge in [0, 0.05) is 12.4 Å². The number of rotatable bonds is 0. The van der Waals surface area contributed by atoms with Crippen LogP contribution in [0, 0.1) is 13.8 Å². The molecule has 0 amide bonds. The van der Waals surface area contributed by atoms with E-state index >= 15 is 0 Å². The fourth-order valence-corrected chi connectivity index (χ4v) is 1.66. The maximum Gasteiger partial charge on any atom is 0.159 e. The number of nitrogens with zero attached hydrogens (tertiary/aromatic N) is 3. The number of halogens is 1. The van der Waals surface area contributed by atoms with Crippen LogP contribution in [-0.4, -0.2) is 14.4 Å². The molecule has 0 aromatic carbocycles. The van der Waals surface area contributed by atoms with Crippen molar-refractivity contribution < 1.29 is 0 Å². The number of aromatic nitrogens is 3. The molecular formula is C8H8BrN3. The Morgan fingerprint density at radius 1 is 1.25 bits per heavy atom. The van der Waals surface area contributed by atoms with Crippen molar-refractivity contribution >= 4 is 21.6 Å². The number of hydrogen-bond donors (Lipinski definition) is 0. The van der Waals surface area contributed by atoms with E-state index in [1.54, 1.807) is 0 Å². The SMILES string of the molecule is Cc1cn2cc(Br)nc2c(C)n1. The Morgan fingerprint density at radius 2 is 2.00 bits per heavy atom. The van der Waals surface area contributed by atoms with Gasteiger partial charge in [-0.3, -0.25) is 4.98 Å². The van der Waals surface area contributed by atoms with Crippen LogP contribution in [0.25, 0.3) is 5.65 Å². The topological polar surface area (TPSA) is 30.2 Å². The third kappa shape index (κ3) is 1.12. The lowest BCUT2D eigenvalue weighted by Gasteiger charge is -1.97. The van der Waals surface area contributed by atoms with Gasteiger partial charge in [-0.05, 0) is 29.8 Å². The Kier molecular flexibility index (Phi) is 1.65. The first-order valence-electron chi connectivity index (χ1n) is 3.65. The molecule has 0 aliphatic rings. The summed E-state index contributed by atoms with van der Waals surface area (Å²) in [4.78, 5) is 8.58. The molecule has 0 unspecified atom stereocenters. The molecule has 2 rings (SSSR count). The minimum Gasteiger partial charge on any atom is -0.303 e. The van der Waals surface area contributed by atoms with E-state index in [0.717, 1.165) is 21.6 Å². The number of aryl methyl sites for hydroxylation is 2. The Labute approximate surface area is 78.6 Å².